The van der Waals surface area contributed by atoms with Crippen LogP contribution in [0.5, 0.6) is 0 Å². The van der Waals surface area contributed by atoms with E-state index in [4.69, 9.17) is 0 Å². The summed E-state index contributed by atoms with van der Waals surface area (Å²) in [5.41, 5.74) is 4.10. The van der Waals surface area contributed by atoms with E-state index in [9.17, 15) is 4.79 Å². The molecule has 6 heteroatoms. The van der Waals surface area contributed by atoms with Crippen LogP contribution >= 0.6 is 11.3 Å². The van der Waals surface area contributed by atoms with Crippen LogP contribution in [0.3, 0.4) is 0 Å². The summed E-state index contributed by atoms with van der Waals surface area (Å²) in [6.07, 6.45) is 2.93. The van der Waals surface area contributed by atoms with E-state index < -0.39 is 0 Å². The van der Waals surface area contributed by atoms with E-state index in [-0.39, 0.29) is 11.7 Å². The van der Waals surface area contributed by atoms with Crippen molar-refractivity contribution in [2.24, 2.45) is 0 Å². The van der Waals surface area contributed by atoms with Crippen LogP contribution in [-0.4, -0.2) is 25.4 Å². The van der Waals surface area contributed by atoms with Crippen molar-refractivity contribution in [1.82, 2.24) is 19.6 Å². The number of hydrogen-bond acceptors (Lipinski definition) is 5. The maximum absolute atomic E-state index is 12.8. The van der Waals surface area contributed by atoms with Crippen molar-refractivity contribution >= 4 is 22.9 Å². The van der Waals surface area contributed by atoms with E-state index in [1.807, 2.05) is 17.5 Å². The molecule has 3 aromatic heterocycles. The van der Waals surface area contributed by atoms with Crippen LogP contribution in [0.15, 0.2) is 48.0 Å². The molecule has 0 amide bonds. The van der Waals surface area contributed by atoms with Crippen molar-refractivity contribution in [2.45, 2.75) is 38.5 Å². The van der Waals surface area contributed by atoms with Crippen LogP contribution in [0.4, 0.5) is 0 Å². The van der Waals surface area contributed by atoms with Gasteiger partial charge in [-0.25, -0.2) is 4.98 Å². The molecule has 0 N–H and O–H groups in total. The predicted octanol–water partition coefficient (Wildman–Crippen LogP) is 4.89. The fourth-order valence-corrected chi connectivity index (χ4v) is 4.50. The minimum absolute atomic E-state index is 0.127. The van der Waals surface area contributed by atoms with Crippen molar-refractivity contribution in [2.75, 3.05) is 0 Å². The topological polar surface area (TPSA) is 60.2 Å². The van der Waals surface area contributed by atoms with Gasteiger partial charge in [0.25, 0.3) is 5.78 Å². The quantitative estimate of drug-likeness (QED) is 0.501. The number of carbonyl (C=O) groups excluding carboxylic acids is 1. The molecule has 140 valence electrons. The molecule has 1 aliphatic carbocycles. The van der Waals surface area contributed by atoms with Crippen LogP contribution in [0.25, 0.3) is 16.5 Å². The molecule has 0 saturated heterocycles. The highest BCUT2D eigenvalue weighted by Gasteiger charge is 2.29. The molecule has 28 heavy (non-hydrogen) atoms. The zero-order valence-corrected chi connectivity index (χ0v) is 16.6. The number of fused-ring (bicyclic) bond motifs is 3. The fraction of sp³-hybridized carbons (Fsp3) is 0.273. The second-order valence-corrected chi connectivity index (χ2v) is 8.54. The summed E-state index contributed by atoms with van der Waals surface area (Å²) in [5, 5.41) is 6.67. The minimum Gasteiger partial charge on any atom is -0.294 e. The SMILES string of the molecule is CC(C)c1ccc(C2CC(=O)c3cnc4nc(-c5cccs5)nn4c3C2)cc1. The maximum Gasteiger partial charge on any atom is 0.253 e. The van der Waals surface area contributed by atoms with Gasteiger partial charge in [-0.2, -0.15) is 9.50 Å². The summed E-state index contributed by atoms with van der Waals surface area (Å²) in [4.78, 5) is 22.8. The number of benzene rings is 1. The highest BCUT2D eigenvalue weighted by atomic mass is 32.1. The maximum atomic E-state index is 12.8. The first-order chi connectivity index (χ1) is 13.6. The van der Waals surface area contributed by atoms with Gasteiger partial charge in [0.1, 0.15) is 0 Å². The van der Waals surface area contributed by atoms with Gasteiger partial charge in [-0.15, -0.1) is 16.4 Å². The summed E-state index contributed by atoms with van der Waals surface area (Å²) >= 11 is 1.60. The minimum atomic E-state index is 0.127. The standard InChI is InChI=1S/C22H20N4OS/c1-13(2)14-5-7-15(8-6-14)16-10-18-17(19(27)11-16)12-23-22-24-21(25-26(18)22)20-4-3-9-28-20/h3-9,12-13,16H,10-11H2,1-2H3. The number of carbonyl (C=O) groups is 1. The number of thiophene rings is 1. The van der Waals surface area contributed by atoms with Crippen LogP contribution in [0, 0.1) is 0 Å². The van der Waals surface area contributed by atoms with Crippen LogP contribution in [0.1, 0.15) is 59.3 Å². The smallest absolute Gasteiger partial charge is 0.253 e. The van der Waals surface area contributed by atoms with Crippen molar-refractivity contribution in [3.05, 3.63) is 70.4 Å². The molecule has 5 nitrogen and oxygen atoms in total. The van der Waals surface area contributed by atoms with Crippen LogP contribution < -0.4 is 0 Å². The molecule has 0 spiro atoms. The number of rotatable bonds is 3. The predicted molar refractivity (Wildman–Crippen MR) is 110 cm³/mol. The Hall–Kier alpha value is -2.86. The molecular formula is C22H20N4OS. The van der Waals surface area contributed by atoms with Crippen molar-refractivity contribution in [1.29, 1.82) is 0 Å². The molecule has 1 unspecified atom stereocenters. The summed E-state index contributed by atoms with van der Waals surface area (Å²) in [5.74, 6) is 1.99. The second-order valence-electron chi connectivity index (χ2n) is 7.59. The van der Waals surface area contributed by atoms with Gasteiger partial charge in [-0.1, -0.05) is 44.2 Å². The average molecular weight is 388 g/mol. The second kappa shape index (κ2) is 6.63. The Balaban J connectivity index is 1.56. The highest BCUT2D eigenvalue weighted by molar-refractivity contribution is 7.13. The summed E-state index contributed by atoms with van der Waals surface area (Å²) < 4.78 is 1.76. The first-order valence-electron chi connectivity index (χ1n) is 9.51. The molecule has 0 aliphatic heterocycles. The molecule has 1 atom stereocenters. The fourth-order valence-electron chi connectivity index (χ4n) is 3.85. The van der Waals surface area contributed by atoms with Crippen LogP contribution in [0.2, 0.25) is 0 Å². The molecule has 5 rings (SSSR count). The van der Waals surface area contributed by atoms with Gasteiger partial charge in [-0.05, 0) is 40.8 Å². The molecule has 0 bridgehead atoms. The number of nitrogens with zero attached hydrogens (tertiary/aromatic N) is 4. The normalized spacial score (nSPS) is 16.7. The first kappa shape index (κ1) is 17.3. The van der Waals surface area contributed by atoms with Gasteiger partial charge in [0, 0.05) is 12.6 Å². The first-order valence-corrected chi connectivity index (χ1v) is 10.4. The van der Waals surface area contributed by atoms with E-state index in [2.05, 4.69) is 53.2 Å². The van der Waals surface area contributed by atoms with E-state index in [1.54, 1.807) is 22.0 Å². The van der Waals surface area contributed by atoms with Gasteiger partial charge in [0.05, 0.1) is 16.1 Å². The molecule has 1 aliphatic rings. The number of Topliss-reactive ketones (excluding diaryl/α,β-unsaturated/α-hetero) is 1. The Morgan fingerprint density at radius 3 is 2.68 bits per heavy atom. The largest absolute Gasteiger partial charge is 0.294 e. The lowest BCUT2D eigenvalue weighted by Gasteiger charge is -2.24. The zero-order chi connectivity index (χ0) is 19.3. The summed E-state index contributed by atoms with van der Waals surface area (Å²) in [6, 6.07) is 12.6. The third-order valence-corrected chi connectivity index (χ3v) is 6.32. The highest BCUT2D eigenvalue weighted by Crippen LogP contribution is 2.33. The third kappa shape index (κ3) is 2.85. The monoisotopic (exact) mass is 388 g/mol. The molecular weight excluding hydrogens is 368 g/mol. The number of ketones is 1. The van der Waals surface area contributed by atoms with Crippen molar-refractivity contribution < 1.29 is 4.79 Å². The Morgan fingerprint density at radius 1 is 1.14 bits per heavy atom. The molecule has 0 saturated carbocycles. The Labute approximate surface area is 167 Å². The van der Waals surface area contributed by atoms with Crippen molar-refractivity contribution in [3.8, 4) is 10.7 Å². The zero-order valence-electron chi connectivity index (χ0n) is 15.8. The van der Waals surface area contributed by atoms with Crippen molar-refractivity contribution in [3.63, 3.8) is 0 Å². The molecule has 0 fully saturated rings. The third-order valence-electron chi connectivity index (χ3n) is 5.45. The Kier molecular flexibility index (Phi) is 4.09. The number of hydrogen-bond donors (Lipinski definition) is 0. The van der Waals surface area contributed by atoms with Gasteiger partial charge >= 0.3 is 0 Å². The number of aromatic nitrogens is 4. The van der Waals surface area contributed by atoms with Gasteiger partial charge in [0.2, 0.25) is 0 Å². The Bertz CT molecular complexity index is 1160. The van der Waals surface area contributed by atoms with E-state index in [0.29, 0.717) is 29.5 Å². The molecule has 0 radical (unpaired) electrons. The van der Waals surface area contributed by atoms with Crippen LogP contribution in [-0.2, 0) is 6.42 Å². The van der Waals surface area contributed by atoms with E-state index >= 15 is 0 Å². The molecule has 1 aromatic carbocycles. The lowest BCUT2D eigenvalue weighted by atomic mass is 9.81. The van der Waals surface area contributed by atoms with Gasteiger partial charge in [0.15, 0.2) is 11.6 Å². The summed E-state index contributed by atoms with van der Waals surface area (Å²) in [7, 11) is 0. The van der Waals surface area contributed by atoms with Gasteiger partial charge < -0.3 is 0 Å². The summed E-state index contributed by atoms with van der Waals surface area (Å²) in [6.45, 7) is 4.38. The molecule has 3 heterocycles. The van der Waals surface area contributed by atoms with E-state index in [1.165, 1.54) is 11.1 Å². The van der Waals surface area contributed by atoms with Gasteiger partial charge in [-0.3, -0.25) is 4.79 Å². The average Bonchev–Trinajstić information content (AvgIpc) is 3.37. The van der Waals surface area contributed by atoms with E-state index in [0.717, 1.165) is 17.0 Å². The lowest BCUT2D eigenvalue weighted by molar-refractivity contribution is 0.0962. The lowest BCUT2D eigenvalue weighted by Crippen LogP contribution is -2.22. The Morgan fingerprint density at radius 2 is 1.96 bits per heavy atom. The molecule has 4 aromatic rings.